The Morgan fingerprint density at radius 2 is 1.81 bits per heavy atom. The summed E-state index contributed by atoms with van der Waals surface area (Å²) in [6, 6.07) is 3.13. The van der Waals surface area contributed by atoms with Crippen LogP contribution in [0.4, 0.5) is 24.7 Å². The fraction of sp³-hybridized carbons (Fsp3) is 0.294. The van der Waals surface area contributed by atoms with Crippen LogP contribution >= 0.6 is 0 Å². The summed E-state index contributed by atoms with van der Waals surface area (Å²) in [6.45, 7) is 3.12. The quantitative estimate of drug-likeness (QED) is 0.648. The highest BCUT2D eigenvalue weighted by Gasteiger charge is 2.23. The lowest BCUT2D eigenvalue weighted by atomic mass is 10.2. The van der Waals surface area contributed by atoms with E-state index in [1.165, 1.54) is 6.07 Å². The number of carbonyl (C=O) groups excluding carboxylic acids is 2. The maximum atomic E-state index is 13.8. The van der Waals surface area contributed by atoms with Crippen LogP contribution in [-0.4, -0.2) is 58.3 Å². The molecule has 7 nitrogen and oxygen atoms in total. The van der Waals surface area contributed by atoms with Gasteiger partial charge in [0.15, 0.2) is 17.5 Å². The highest BCUT2D eigenvalue weighted by molar-refractivity contribution is 5.93. The van der Waals surface area contributed by atoms with Crippen LogP contribution < -0.4 is 5.32 Å². The number of anilines is 2. The number of piperazine rings is 1. The third kappa shape index (κ3) is 3.99. The third-order valence-electron chi connectivity index (χ3n) is 4.11. The lowest BCUT2D eigenvalue weighted by Gasteiger charge is -2.32. The van der Waals surface area contributed by atoms with Crippen molar-refractivity contribution >= 4 is 23.8 Å². The maximum absolute atomic E-state index is 13.8. The molecule has 1 aliphatic heterocycles. The van der Waals surface area contributed by atoms with Gasteiger partial charge in [0.1, 0.15) is 17.3 Å². The molecule has 0 radical (unpaired) electrons. The average molecular weight is 379 g/mol. The van der Waals surface area contributed by atoms with E-state index in [0.717, 1.165) is 18.5 Å². The van der Waals surface area contributed by atoms with E-state index in [4.69, 9.17) is 0 Å². The van der Waals surface area contributed by atoms with Crippen LogP contribution in [0.25, 0.3) is 0 Å². The summed E-state index contributed by atoms with van der Waals surface area (Å²) in [5.41, 5.74) is -0.238. The summed E-state index contributed by atoms with van der Waals surface area (Å²) in [6.07, 6.45) is 0.731. The molecule has 1 N–H and O–H groups in total. The topological polar surface area (TPSA) is 78.4 Å². The van der Waals surface area contributed by atoms with E-state index in [0.29, 0.717) is 26.2 Å². The van der Waals surface area contributed by atoms with Gasteiger partial charge in [0.05, 0.1) is 5.69 Å². The third-order valence-corrected chi connectivity index (χ3v) is 4.11. The van der Waals surface area contributed by atoms with Crippen molar-refractivity contribution in [2.45, 2.75) is 6.92 Å². The van der Waals surface area contributed by atoms with Gasteiger partial charge in [-0.25, -0.2) is 23.1 Å². The Morgan fingerprint density at radius 1 is 1.11 bits per heavy atom. The minimum atomic E-state index is -1.60. The summed E-state index contributed by atoms with van der Waals surface area (Å²) in [7, 11) is 0. The van der Waals surface area contributed by atoms with Crippen LogP contribution in [0.15, 0.2) is 18.2 Å². The van der Waals surface area contributed by atoms with E-state index in [2.05, 4.69) is 15.3 Å². The SMILES string of the molecule is Cc1nc(Nc2ccc(F)c(F)c2F)cc(C(=O)N2CCN(C=O)CC2)n1. The standard InChI is InChI=1S/C17H16F3N5O2/c1-10-21-13(17(27)25-6-4-24(9-26)5-7-25)8-14(22-10)23-12-3-2-11(18)15(19)16(12)20/h2-3,8-9H,4-7H2,1H3,(H,21,22,23). The molecule has 1 fully saturated rings. The first kappa shape index (κ1) is 18.6. The Morgan fingerprint density at radius 3 is 2.48 bits per heavy atom. The number of aryl methyl sites for hydroxylation is 1. The van der Waals surface area contributed by atoms with Crippen molar-refractivity contribution in [3.05, 3.63) is 47.2 Å². The fourth-order valence-electron chi connectivity index (χ4n) is 2.69. The first-order chi connectivity index (χ1) is 12.9. The van der Waals surface area contributed by atoms with E-state index in [1.54, 1.807) is 16.7 Å². The van der Waals surface area contributed by atoms with E-state index in [1.807, 2.05) is 0 Å². The molecule has 1 aromatic carbocycles. The molecule has 2 heterocycles. The minimum Gasteiger partial charge on any atom is -0.342 e. The zero-order valence-corrected chi connectivity index (χ0v) is 14.4. The molecule has 0 aliphatic carbocycles. The summed E-state index contributed by atoms with van der Waals surface area (Å²) < 4.78 is 40.3. The molecule has 0 unspecified atom stereocenters. The van der Waals surface area contributed by atoms with Crippen LogP contribution in [0.3, 0.4) is 0 Å². The molecule has 1 saturated heterocycles. The summed E-state index contributed by atoms with van der Waals surface area (Å²) in [5.74, 6) is -4.33. The molecule has 0 saturated carbocycles. The minimum absolute atomic E-state index is 0.0716. The molecule has 0 spiro atoms. The first-order valence-electron chi connectivity index (χ1n) is 8.14. The van der Waals surface area contributed by atoms with Gasteiger partial charge in [-0.3, -0.25) is 9.59 Å². The average Bonchev–Trinajstić information content (AvgIpc) is 2.67. The van der Waals surface area contributed by atoms with Crippen molar-refractivity contribution < 1.29 is 22.8 Å². The van der Waals surface area contributed by atoms with Crippen LogP contribution in [0.2, 0.25) is 0 Å². The second kappa shape index (κ2) is 7.60. The van der Waals surface area contributed by atoms with Crippen molar-refractivity contribution in [1.29, 1.82) is 0 Å². The number of rotatable bonds is 4. The number of carbonyl (C=O) groups is 2. The smallest absolute Gasteiger partial charge is 0.272 e. The van der Waals surface area contributed by atoms with Crippen molar-refractivity contribution in [2.24, 2.45) is 0 Å². The Labute approximate surface area is 152 Å². The number of halogens is 3. The van der Waals surface area contributed by atoms with Crippen LogP contribution in [0, 0.1) is 24.4 Å². The molecule has 27 heavy (non-hydrogen) atoms. The Kier molecular flexibility index (Phi) is 5.24. The normalized spacial score (nSPS) is 14.2. The van der Waals surface area contributed by atoms with Crippen LogP contribution in [-0.2, 0) is 4.79 Å². The molecule has 2 aromatic rings. The van der Waals surface area contributed by atoms with Gasteiger partial charge in [-0.1, -0.05) is 0 Å². The highest BCUT2D eigenvalue weighted by atomic mass is 19.2. The van der Waals surface area contributed by atoms with Crippen LogP contribution in [0.5, 0.6) is 0 Å². The second-order valence-corrected chi connectivity index (χ2v) is 5.97. The predicted octanol–water partition coefficient (Wildman–Crippen LogP) is 1.86. The van der Waals surface area contributed by atoms with E-state index in [9.17, 15) is 22.8 Å². The van der Waals surface area contributed by atoms with Gasteiger partial charge < -0.3 is 15.1 Å². The van der Waals surface area contributed by atoms with Crippen molar-refractivity contribution in [1.82, 2.24) is 19.8 Å². The van der Waals surface area contributed by atoms with Gasteiger partial charge >= 0.3 is 0 Å². The Hall–Kier alpha value is -3.17. The van der Waals surface area contributed by atoms with Crippen molar-refractivity contribution in [3.63, 3.8) is 0 Å². The van der Waals surface area contributed by atoms with E-state index < -0.39 is 17.5 Å². The highest BCUT2D eigenvalue weighted by Crippen LogP contribution is 2.23. The molecule has 2 amide bonds. The van der Waals surface area contributed by atoms with Gasteiger partial charge in [0, 0.05) is 32.2 Å². The van der Waals surface area contributed by atoms with Gasteiger partial charge in [-0.05, 0) is 19.1 Å². The molecular weight excluding hydrogens is 363 g/mol. The van der Waals surface area contributed by atoms with E-state index >= 15 is 0 Å². The lowest BCUT2D eigenvalue weighted by Crippen LogP contribution is -2.48. The zero-order chi connectivity index (χ0) is 19.6. The number of benzene rings is 1. The number of hydrogen-bond acceptors (Lipinski definition) is 5. The molecule has 3 rings (SSSR count). The molecule has 0 atom stereocenters. The first-order valence-corrected chi connectivity index (χ1v) is 8.14. The number of hydrogen-bond donors (Lipinski definition) is 1. The summed E-state index contributed by atoms with van der Waals surface area (Å²) in [4.78, 5) is 34.6. The second-order valence-electron chi connectivity index (χ2n) is 5.97. The number of nitrogens with zero attached hydrogens (tertiary/aromatic N) is 4. The fourth-order valence-corrected chi connectivity index (χ4v) is 2.69. The van der Waals surface area contributed by atoms with Gasteiger partial charge in [-0.2, -0.15) is 0 Å². The number of nitrogens with one attached hydrogen (secondary N) is 1. The molecule has 1 aliphatic rings. The molecule has 10 heteroatoms. The summed E-state index contributed by atoms with van der Waals surface area (Å²) >= 11 is 0. The van der Waals surface area contributed by atoms with Gasteiger partial charge in [-0.15, -0.1) is 0 Å². The molecular formula is C17H16F3N5O2. The van der Waals surface area contributed by atoms with Crippen LogP contribution in [0.1, 0.15) is 16.3 Å². The monoisotopic (exact) mass is 379 g/mol. The Bertz CT molecular complexity index is 885. The number of aromatic nitrogens is 2. The molecule has 142 valence electrons. The van der Waals surface area contributed by atoms with Crippen molar-refractivity contribution in [3.8, 4) is 0 Å². The predicted molar refractivity (Wildman–Crippen MR) is 89.9 cm³/mol. The zero-order valence-electron chi connectivity index (χ0n) is 14.4. The molecule has 0 bridgehead atoms. The van der Waals surface area contributed by atoms with Crippen molar-refractivity contribution in [2.75, 3.05) is 31.5 Å². The Balaban J connectivity index is 1.81. The lowest BCUT2D eigenvalue weighted by molar-refractivity contribution is -0.119. The molecule has 1 aromatic heterocycles. The van der Waals surface area contributed by atoms with E-state index in [-0.39, 0.29) is 28.9 Å². The number of amides is 2. The van der Waals surface area contributed by atoms with Gasteiger partial charge in [0.25, 0.3) is 5.91 Å². The largest absolute Gasteiger partial charge is 0.342 e. The maximum Gasteiger partial charge on any atom is 0.272 e. The van der Waals surface area contributed by atoms with Gasteiger partial charge in [0.2, 0.25) is 6.41 Å². The summed E-state index contributed by atoms with van der Waals surface area (Å²) in [5, 5.41) is 2.54.